The van der Waals surface area contributed by atoms with Gasteiger partial charge in [-0.15, -0.1) is 0 Å². The van der Waals surface area contributed by atoms with Crippen molar-refractivity contribution in [1.82, 2.24) is 0 Å². The summed E-state index contributed by atoms with van der Waals surface area (Å²) in [5.41, 5.74) is 0. The highest BCUT2D eigenvalue weighted by molar-refractivity contribution is 6.95. The smallest absolute Gasteiger partial charge is 0.412 e. The van der Waals surface area contributed by atoms with Crippen LogP contribution >= 0.6 is 0 Å². The van der Waals surface area contributed by atoms with E-state index in [1.54, 1.807) is 0 Å². The van der Waals surface area contributed by atoms with Crippen LogP contribution in [0.5, 0.6) is 5.75 Å². The highest BCUT2D eigenvalue weighted by Gasteiger charge is 2.43. The van der Waals surface area contributed by atoms with E-state index >= 15 is 0 Å². The van der Waals surface area contributed by atoms with Crippen LogP contribution in [-0.4, -0.2) is 21.3 Å². The Labute approximate surface area is 171 Å². The first-order valence-corrected chi connectivity index (χ1v) is 9.92. The van der Waals surface area contributed by atoms with Crippen LogP contribution in [0.25, 0.3) is 0 Å². The molecule has 1 nitrogen and oxygen atoms in total. The fraction of sp³-hybridized carbons (Fsp3) is 0.0526. The van der Waals surface area contributed by atoms with Gasteiger partial charge in [-0.2, -0.15) is 0 Å². The van der Waals surface area contributed by atoms with Crippen molar-refractivity contribution in [3.63, 3.8) is 0 Å². The molecule has 0 fully saturated rings. The zero-order valence-corrected chi connectivity index (χ0v) is 16.2. The van der Waals surface area contributed by atoms with Crippen LogP contribution in [0.15, 0.2) is 24.3 Å². The van der Waals surface area contributed by atoms with Crippen molar-refractivity contribution >= 4 is 27.4 Å². The zero-order valence-electron chi connectivity index (χ0n) is 15.1. The van der Waals surface area contributed by atoms with E-state index in [1.165, 1.54) is 0 Å². The normalized spacial score (nSPS) is 11.1. The molecular weight excluding hydrogens is 461 g/mol. The van der Waals surface area contributed by atoms with Crippen LogP contribution in [0.3, 0.4) is 0 Å². The Morgan fingerprint density at radius 2 is 0.903 bits per heavy atom. The average Bonchev–Trinajstić information content (AvgIpc) is 2.71. The van der Waals surface area contributed by atoms with E-state index in [0.717, 1.165) is 7.11 Å². The van der Waals surface area contributed by atoms with Crippen molar-refractivity contribution in [3.8, 4) is 5.75 Å². The number of rotatable bonds is 4. The Hall–Kier alpha value is -2.71. The summed E-state index contributed by atoms with van der Waals surface area (Å²) in [6.45, 7) is 0. The molecule has 0 amide bonds. The maximum Gasteiger partial charge on any atom is 0.412 e. The van der Waals surface area contributed by atoms with Gasteiger partial charge in [0, 0.05) is 12.1 Å². The third-order valence-electron chi connectivity index (χ3n) is 4.47. The van der Waals surface area contributed by atoms with Crippen LogP contribution in [0.2, 0.25) is 0 Å². The molecule has 0 atom stereocenters. The summed E-state index contributed by atoms with van der Waals surface area (Å²) in [7, 11) is 0.892. The monoisotopic (exact) mass is 468 g/mol. The number of methoxy groups -OCH3 is 1. The highest BCUT2D eigenvalue weighted by Crippen LogP contribution is 2.21. The van der Waals surface area contributed by atoms with Crippen LogP contribution in [0, 0.1) is 58.2 Å². The summed E-state index contributed by atoms with van der Waals surface area (Å²) in [4.78, 5) is 0. The summed E-state index contributed by atoms with van der Waals surface area (Å²) in [6.07, 6.45) is 0. The topological polar surface area (TPSA) is 9.23 Å². The van der Waals surface area contributed by atoms with E-state index in [-0.39, 0.29) is 12.1 Å². The lowest BCUT2D eigenvalue weighted by Gasteiger charge is -2.20. The predicted molar refractivity (Wildman–Crippen MR) is 90.1 cm³/mol. The molecule has 0 saturated heterocycles. The number of hydrogen-bond acceptors (Lipinski definition) is 1. The SMILES string of the molecule is COc1ccc(F)[c]([Al]([c]2c(F)c(F)cc(F)c2F)[c]2c(F)c(F)cc(F)c2F)c1F. The van der Waals surface area contributed by atoms with E-state index in [2.05, 4.69) is 4.74 Å². The van der Waals surface area contributed by atoms with Gasteiger partial charge < -0.3 is 4.74 Å². The minimum absolute atomic E-state index is 0.253. The molecule has 162 valence electrons. The standard InChI is InChI=1S/C7H5F2O.2C6HF4.Al/c1-10-7-3-2-5(8)4-6(7)9;2*7-3-1-4(8)6(10)2-5(3)9;/h2-3H,1H3;2*1H;. The largest absolute Gasteiger partial charge is 0.494 e. The van der Waals surface area contributed by atoms with E-state index in [1.807, 2.05) is 0 Å². The summed E-state index contributed by atoms with van der Waals surface area (Å²) in [5, 5.41) is 0. The summed E-state index contributed by atoms with van der Waals surface area (Å²) in [6, 6.07) is 0.680. The molecule has 0 aliphatic carbocycles. The van der Waals surface area contributed by atoms with Crippen LogP contribution < -0.4 is 18.0 Å². The molecule has 0 heterocycles. The Morgan fingerprint density at radius 3 is 1.26 bits per heavy atom. The fourth-order valence-corrected chi connectivity index (χ4v) is 6.29. The number of halogens is 10. The van der Waals surface area contributed by atoms with Crippen molar-refractivity contribution in [2.24, 2.45) is 0 Å². The molecule has 0 bridgehead atoms. The van der Waals surface area contributed by atoms with Crippen molar-refractivity contribution in [2.45, 2.75) is 0 Å². The Bertz CT molecular complexity index is 1080. The van der Waals surface area contributed by atoms with Gasteiger partial charge in [-0.05, 0) is 25.4 Å². The zero-order chi connectivity index (χ0) is 23.2. The van der Waals surface area contributed by atoms with E-state index in [4.69, 9.17) is 0 Å². The quantitative estimate of drug-likeness (QED) is 0.323. The maximum atomic E-state index is 14.9. The first-order chi connectivity index (χ1) is 14.5. The first-order valence-electron chi connectivity index (χ1n) is 8.18. The second kappa shape index (κ2) is 8.44. The van der Waals surface area contributed by atoms with Gasteiger partial charge in [0.05, 0.1) is 7.11 Å². The third-order valence-corrected chi connectivity index (χ3v) is 7.74. The molecule has 0 N–H and O–H groups in total. The number of benzene rings is 3. The Morgan fingerprint density at radius 1 is 0.516 bits per heavy atom. The molecule has 12 heteroatoms. The summed E-state index contributed by atoms with van der Waals surface area (Å²) < 4.78 is 142. The third kappa shape index (κ3) is 3.74. The van der Waals surface area contributed by atoms with Crippen LogP contribution in [-0.2, 0) is 0 Å². The minimum atomic E-state index is -4.99. The average molecular weight is 468 g/mol. The Kier molecular flexibility index (Phi) is 6.25. The van der Waals surface area contributed by atoms with E-state index in [9.17, 15) is 43.9 Å². The van der Waals surface area contributed by atoms with Gasteiger partial charge in [-0.1, -0.05) is 0 Å². The molecule has 0 aliphatic heterocycles. The molecule has 3 aromatic carbocycles. The molecule has 0 aliphatic rings. The minimum Gasteiger partial charge on any atom is -0.494 e. The lowest BCUT2D eigenvalue weighted by Crippen LogP contribution is -2.59. The van der Waals surface area contributed by atoms with Gasteiger partial charge in [-0.3, -0.25) is 0 Å². The number of ether oxygens (including phenoxy) is 1. The lowest BCUT2D eigenvalue weighted by molar-refractivity contribution is 0.386. The second-order valence-corrected chi connectivity index (χ2v) is 8.77. The lowest BCUT2D eigenvalue weighted by atomic mass is 10.3. The molecular formula is C19H7AlF10O. The molecule has 0 unspecified atom stereocenters. The van der Waals surface area contributed by atoms with Gasteiger partial charge in [0.25, 0.3) is 0 Å². The van der Waals surface area contributed by atoms with Gasteiger partial charge in [-0.25, -0.2) is 43.9 Å². The molecule has 31 heavy (non-hydrogen) atoms. The van der Waals surface area contributed by atoms with Gasteiger partial charge in [0.15, 0.2) is 34.8 Å². The van der Waals surface area contributed by atoms with Crippen molar-refractivity contribution in [1.29, 1.82) is 0 Å². The summed E-state index contributed by atoms with van der Waals surface area (Å²) >= 11 is -4.99. The molecule has 0 radical (unpaired) electrons. The van der Waals surface area contributed by atoms with Crippen LogP contribution in [0.4, 0.5) is 43.9 Å². The highest BCUT2D eigenvalue weighted by atomic mass is 27.2. The van der Waals surface area contributed by atoms with Crippen LogP contribution in [0.1, 0.15) is 0 Å². The molecule has 0 saturated carbocycles. The van der Waals surface area contributed by atoms with Gasteiger partial charge in [0.1, 0.15) is 29.1 Å². The molecule has 3 rings (SSSR count). The summed E-state index contributed by atoms with van der Waals surface area (Å²) in [5.74, 6) is -21.3. The van der Waals surface area contributed by atoms with Gasteiger partial charge in [0.2, 0.25) is 0 Å². The maximum absolute atomic E-state index is 14.9. The fourth-order valence-electron chi connectivity index (χ4n) is 3.09. The van der Waals surface area contributed by atoms with E-state index < -0.39 is 91.3 Å². The van der Waals surface area contributed by atoms with Crippen molar-refractivity contribution in [2.75, 3.05) is 7.11 Å². The van der Waals surface area contributed by atoms with Crippen molar-refractivity contribution < 1.29 is 48.6 Å². The molecule has 0 spiro atoms. The first kappa shape index (κ1) is 23.0. The second-order valence-electron chi connectivity index (χ2n) is 6.17. The Balaban J connectivity index is 2.58. The van der Waals surface area contributed by atoms with Gasteiger partial charge >= 0.3 is 14.1 Å². The molecule has 0 aromatic heterocycles. The molecule has 3 aromatic rings. The number of hydrogen-bond donors (Lipinski definition) is 0. The van der Waals surface area contributed by atoms with E-state index in [0.29, 0.717) is 12.1 Å². The predicted octanol–water partition coefficient (Wildman–Crippen LogP) is 3.60. The van der Waals surface area contributed by atoms with Crippen molar-refractivity contribution in [3.05, 3.63) is 82.4 Å².